The van der Waals surface area contributed by atoms with Gasteiger partial charge in [-0.25, -0.2) is 0 Å². The third-order valence-corrected chi connectivity index (χ3v) is 10.8. The molecule has 47 heavy (non-hydrogen) atoms. The number of nitrogens with zero attached hydrogens (tertiary/aromatic N) is 1. The number of benzene rings is 7. The Labute approximate surface area is 277 Å². The zero-order valence-corrected chi connectivity index (χ0v) is 27.4. The van der Waals surface area contributed by atoms with Gasteiger partial charge in [0.15, 0.2) is 0 Å². The highest BCUT2D eigenvalue weighted by molar-refractivity contribution is 6.01. The van der Waals surface area contributed by atoms with E-state index in [0.29, 0.717) is 0 Å². The van der Waals surface area contributed by atoms with Gasteiger partial charge in [-0.2, -0.15) is 0 Å². The molecule has 7 aromatic carbocycles. The van der Waals surface area contributed by atoms with E-state index in [0.717, 1.165) is 5.69 Å². The largest absolute Gasteiger partial charge is 0.310 e. The molecule has 226 valence electrons. The van der Waals surface area contributed by atoms with Crippen LogP contribution in [0.1, 0.15) is 49.9 Å². The van der Waals surface area contributed by atoms with Crippen LogP contribution in [0, 0.1) is 0 Å². The fourth-order valence-corrected chi connectivity index (χ4v) is 8.56. The highest BCUT2D eigenvalue weighted by Crippen LogP contribution is 2.62. The maximum atomic E-state index is 2.58. The molecule has 2 aliphatic rings. The Morgan fingerprint density at radius 2 is 0.915 bits per heavy atom. The molecule has 0 saturated carbocycles. The first-order valence-electron chi connectivity index (χ1n) is 16.7. The molecule has 0 heterocycles. The zero-order chi connectivity index (χ0) is 31.9. The third-order valence-electron chi connectivity index (χ3n) is 10.8. The molecule has 1 nitrogen and oxygen atoms in total. The van der Waals surface area contributed by atoms with Gasteiger partial charge in [-0.05, 0) is 96.7 Å². The lowest BCUT2D eigenvalue weighted by molar-refractivity contribution is 0.640. The van der Waals surface area contributed by atoms with Crippen molar-refractivity contribution in [3.63, 3.8) is 0 Å². The van der Waals surface area contributed by atoms with Crippen molar-refractivity contribution in [3.8, 4) is 33.4 Å². The predicted octanol–water partition coefficient (Wildman–Crippen LogP) is 12.6. The fraction of sp³-hybridized carbons (Fsp3) is 0.130. The molecule has 0 spiro atoms. The van der Waals surface area contributed by atoms with Gasteiger partial charge in [-0.15, -0.1) is 0 Å². The van der Waals surface area contributed by atoms with Crippen LogP contribution >= 0.6 is 0 Å². The minimum absolute atomic E-state index is 0.201. The van der Waals surface area contributed by atoms with E-state index in [1.807, 2.05) is 0 Å². The molecule has 0 saturated heterocycles. The van der Waals surface area contributed by atoms with Crippen molar-refractivity contribution < 1.29 is 0 Å². The number of hydrogen-bond donors (Lipinski definition) is 0. The van der Waals surface area contributed by atoms with E-state index in [-0.39, 0.29) is 10.8 Å². The molecule has 0 aliphatic heterocycles. The topological polar surface area (TPSA) is 3.24 Å². The van der Waals surface area contributed by atoms with Gasteiger partial charge < -0.3 is 4.90 Å². The molecule has 1 heteroatoms. The number of rotatable bonds is 4. The summed E-state index contributed by atoms with van der Waals surface area (Å²) in [7, 11) is 0. The van der Waals surface area contributed by atoms with E-state index in [2.05, 4.69) is 184 Å². The lowest BCUT2D eigenvalue weighted by Crippen LogP contribution is -2.26. The molecule has 0 aromatic heterocycles. The molecule has 0 unspecified atom stereocenters. The lowest BCUT2D eigenvalue weighted by atomic mass is 9.75. The second-order valence-corrected chi connectivity index (χ2v) is 14.2. The Bertz CT molecular complexity index is 2280. The zero-order valence-electron chi connectivity index (χ0n) is 27.4. The molecule has 0 amide bonds. The average molecular weight is 604 g/mol. The molecular formula is C46H37N. The summed E-state index contributed by atoms with van der Waals surface area (Å²) >= 11 is 0. The molecule has 9 rings (SSSR count). The summed E-state index contributed by atoms with van der Waals surface area (Å²) < 4.78 is 0. The standard InChI is InChI=1S/C46H37N/c1-45(2)40-23-12-10-21-36(40)38-29-39-37-22-11-13-24-41(37)46(3,4)43(39)44(42(38)45)47(35-26-25-31-17-8-9-18-32(31)28-35)34-20-14-19-33(27-34)30-15-6-5-7-16-30/h5-29H,1-4H3. The van der Waals surface area contributed by atoms with Crippen molar-refractivity contribution in [2.75, 3.05) is 4.90 Å². The number of fused-ring (bicyclic) bond motifs is 7. The van der Waals surface area contributed by atoms with Gasteiger partial charge in [0.25, 0.3) is 0 Å². The van der Waals surface area contributed by atoms with Gasteiger partial charge in [0.05, 0.1) is 5.69 Å². The summed E-state index contributed by atoms with van der Waals surface area (Å²) in [5, 5.41) is 2.49. The van der Waals surface area contributed by atoms with E-state index in [1.54, 1.807) is 0 Å². The summed E-state index contributed by atoms with van der Waals surface area (Å²) in [4.78, 5) is 2.58. The van der Waals surface area contributed by atoms with Crippen molar-refractivity contribution >= 4 is 27.8 Å². The van der Waals surface area contributed by atoms with Gasteiger partial charge in [-0.3, -0.25) is 0 Å². The van der Waals surface area contributed by atoms with Gasteiger partial charge in [0.2, 0.25) is 0 Å². The minimum Gasteiger partial charge on any atom is -0.310 e. The van der Waals surface area contributed by atoms with Crippen LogP contribution in [-0.4, -0.2) is 0 Å². The van der Waals surface area contributed by atoms with Crippen LogP contribution in [-0.2, 0) is 10.8 Å². The van der Waals surface area contributed by atoms with Crippen molar-refractivity contribution in [1.29, 1.82) is 0 Å². The first-order chi connectivity index (χ1) is 22.8. The second kappa shape index (κ2) is 10.0. The lowest BCUT2D eigenvalue weighted by Gasteiger charge is -2.37. The fourth-order valence-electron chi connectivity index (χ4n) is 8.56. The van der Waals surface area contributed by atoms with E-state index in [4.69, 9.17) is 0 Å². The Balaban J connectivity index is 1.43. The van der Waals surface area contributed by atoms with Crippen molar-refractivity contribution in [3.05, 3.63) is 174 Å². The molecule has 0 atom stereocenters. The quantitative estimate of drug-likeness (QED) is 0.193. The van der Waals surface area contributed by atoms with E-state index >= 15 is 0 Å². The van der Waals surface area contributed by atoms with Crippen LogP contribution in [0.4, 0.5) is 17.1 Å². The summed E-state index contributed by atoms with van der Waals surface area (Å²) in [6.45, 7) is 9.67. The maximum Gasteiger partial charge on any atom is 0.0555 e. The monoisotopic (exact) mass is 603 g/mol. The van der Waals surface area contributed by atoms with Crippen molar-refractivity contribution in [2.45, 2.75) is 38.5 Å². The SMILES string of the molecule is CC1(C)c2ccccc2-c2cc3c(c(N(c4cccc(-c5ccccc5)c4)c4ccc5ccccc5c4)c21)C(C)(C)c1ccccc1-3. The Kier molecular flexibility index (Phi) is 5.96. The summed E-state index contributed by atoms with van der Waals surface area (Å²) in [5.41, 5.74) is 16.6. The first-order valence-corrected chi connectivity index (χ1v) is 16.7. The summed E-state index contributed by atoms with van der Waals surface area (Å²) in [6.07, 6.45) is 0. The predicted molar refractivity (Wildman–Crippen MR) is 199 cm³/mol. The van der Waals surface area contributed by atoms with Crippen molar-refractivity contribution in [2.24, 2.45) is 0 Å². The normalized spacial score (nSPS) is 14.7. The van der Waals surface area contributed by atoms with Gasteiger partial charge in [0, 0.05) is 22.2 Å². The van der Waals surface area contributed by atoms with Crippen LogP contribution in [0.3, 0.4) is 0 Å². The van der Waals surface area contributed by atoms with Gasteiger partial charge in [-0.1, -0.05) is 149 Å². The van der Waals surface area contributed by atoms with Crippen LogP contribution in [0.15, 0.2) is 152 Å². The number of anilines is 3. The Morgan fingerprint density at radius 3 is 1.57 bits per heavy atom. The van der Waals surface area contributed by atoms with Crippen molar-refractivity contribution in [1.82, 2.24) is 0 Å². The Morgan fingerprint density at radius 1 is 0.383 bits per heavy atom. The molecule has 0 radical (unpaired) electrons. The molecule has 2 aliphatic carbocycles. The minimum atomic E-state index is -0.201. The first kappa shape index (κ1) is 27.9. The van der Waals surface area contributed by atoms with E-state index in [1.165, 1.54) is 77.8 Å². The molecule has 0 fully saturated rings. The van der Waals surface area contributed by atoms with E-state index in [9.17, 15) is 0 Å². The molecule has 0 bridgehead atoms. The average Bonchev–Trinajstić information content (AvgIpc) is 3.48. The second-order valence-electron chi connectivity index (χ2n) is 14.2. The van der Waals surface area contributed by atoms with Crippen LogP contribution in [0.5, 0.6) is 0 Å². The van der Waals surface area contributed by atoms with Gasteiger partial charge >= 0.3 is 0 Å². The Hall–Kier alpha value is -5.40. The van der Waals surface area contributed by atoms with Crippen LogP contribution in [0.2, 0.25) is 0 Å². The number of hydrogen-bond acceptors (Lipinski definition) is 1. The van der Waals surface area contributed by atoms with Crippen LogP contribution in [0.25, 0.3) is 44.2 Å². The summed E-state index contributed by atoms with van der Waals surface area (Å²) in [5.74, 6) is 0. The highest BCUT2D eigenvalue weighted by Gasteiger charge is 2.46. The van der Waals surface area contributed by atoms with E-state index < -0.39 is 0 Å². The van der Waals surface area contributed by atoms with Crippen LogP contribution < -0.4 is 4.90 Å². The molecular weight excluding hydrogens is 567 g/mol. The smallest absolute Gasteiger partial charge is 0.0555 e. The molecule has 0 N–H and O–H groups in total. The maximum absolute atomic E-state index is 2.58. The summed E-state index contributed by atoms with van der Waals surface area (Å²) in [6, 6.07) is 56.1. The van der Waals surface area contributed by atoms with Gasteiger partial charge in [0.1, 0.15) is 0 Å². The highest BCUT2D eigenvalue weighted by atomic mass is 15.2. The molecule has 7 aromatic rings. The third kappa shape index (κ3) is 4.02.